The maximum absolute atomic E-state index is 4.38. The van der Waals surface area contributed by atoms with Crippen LogP contribution in [0.15, 0.2) is 29.3 Å². The maximum Gasteiger partial charge on any atom is 0.0941 e. The van der Waals surface area contributed by atoms with Gasteiger partial charge in [-0.1, -0.05) is 24.6 Å². The lowest BCUT2D eigenvalue weighted by Crippen LogP contribution is -2.41. The third-order valence-electron chi connectivity index (χ3n) is 2.76. The van der Waals surface area contributed by atoms with Crippen molar-refractivity contribution in [3.63, 3.8) is 0 Å². The van der Waals surface area contributed by atoms with Crippen molar-refractivity contribution in [2.45, 2.75) is 20.3 Å². The van der Waals surface area contributed by atoms with Gasteiger partial charge in [-0.15, -0.1) is 0 Å². The monoisotopic (exact) mass is 217 g/mol. The van der Waals surface area contributed by atoms with E-state index < -0.39 is 0 Å². The van der Waals surface area contributed by atoms with Gasteiger partial charge in [-0.3, -0.25) is 9.89 Å². The Hall–Kier alpha value is -1.35. The summed E-state index contributed by atoms with van der Waals surface area (Å²) in [5.41, 5.74) is 2.51. The third-order valence-corrected chi connectivity index (χ3v) is 2.76. The molecule has 1 aliphatic heterocycles. The van der Waals surface area contributed by atoms with Gasteiger partial charge in [-0.05, 0) is 25.5 Å². The second-order valence-electron chi connectivity index (χ2n) is 4.28. The average molecular weight is 217 g/mol. The summed E-state index contributed by atoms with van der Waals surface area (Å²) in [4.78, 5) is 8.92. The molecule has 0 bridgehead atoms. The molecule has 3 nitrogen and oxygen atoms in total. The first-order valence-electron chi connectivity index (χ1n) is 5.85. The highest BCUT2D eigenvalue weighted by Crippen LogP contribution is 2.15. The Labute approximate surface area is 97.4 Å². The van der Waals surface area contributed by atoms with Crippen molar-refractivity contribution in [1.82, 2.24) is 4.90 Å². The number of anilines is 1. The van der Waals surface area contributed by atoms with E-state index in [2.05, 4.69) is 52.9 Å². The van der Waals surface area contributed by atoms with Crippen LogP contribution in [0.25, 0.3) is 0 Å². The normalized spacial score (nSPS) is 16.8. The van der Waals surface area contributed by atoms with Gasteiger partial charge in [-0.25, -0.2) is 0 Å². The minimum absolute atomic E-state index is 0.830. The largest absolute Gasteiger partial charge is 0.319 e. The lowest BCUT2D eigenvalue weighted by molar-refractivity contribution is 0.284. The SMILES string of the molecule is CCCN1CN=CN(c2ccc(C)cc2)C1. The van der Waals surface area contributed by atoms with Crippen molar-refractivity contribution >= 4 is 12.0 Å². The summed E-state index contributed by atoms with van der Waals surface area (Å²) < 4.78 is 0. The van der Waals surface area contributed by atoms with Crippen LogP contribution in [-0.4, -0.2) is 31.1 Å². The topological polar surface area (TPSA) is 18.8 Å². The van der Waals surface area contributed by atoms with E-state index in [1.165, 1.54) is 17.7 Å². The van der Waals surface area contributed by atoms with E-state index in [4.69, 9.17) is 0 Å². The van der Waals surface area contributed by atoms with Gasteiger partial charge >= 0.3 is 0 Å². The Bertz CT molecular complexity index is 356. The predicted octanol–water partition coefficient (Wildman–Crippen LogP) is 2.47. The van der Waals surface area contributed by atoms with Gasteiger partial charge in [0.15, 0.2) is 0 Å². The molecule has 0 atom stereocenters. The minimum atomic E-state index is 0.830. The van der Waals surface area contributed by atoms with E-state index in [9.17, 15) is 0 Å². The second-order valence-corrected chi connectivity index (χ2v) is 4.28. The first kappa shape index (κ1) is 11.1. The highest BCUT2D eigenvalue weighted by Gasteiger charge is 2.13. The maximum atomic E-state index is 4.38. The number of rotatable bonds is 3. The summed E-state index contributed by atoms with van der Waals surface area (Å²) in [6.07, 6.45) is 3.12. The number of hydrogen-bond acceptors (Lipinski definition) is 3. The fraction of sp³-hybridized carbons (Fsp3) is 0.462. The molecule has 0 N–H and O–H groups in total. The van der Waals surface area contributed by atoms with Crippen LogP contribution in [0.5, 0.6) is 0 Å². The first-order valence-corrected chi connectivity index (χ1v) is 5.85. The fourth-order valence-corrected chi connectivity index (χ4v) is 1.89. The van der Waals surface area contributed by atoms with E-state index >= 15 is 0 Å². The molecule has 16 heavy (non-hydrogen) atoms. The van der Waals surface area contributed by atoms with Crippen molar-refractivity contribution < 1.29 is 0 Å². The molecule has 1 aliphatic rings. The van der Waals surface area contributed by atoms with Gasteiger partial charge < -0.3 is 4.90 Å². The molecule has 2 rings (SSSR count). The molecule has 0 amide bonds. The Kier molecular flexibility index (Phi) is 3.57. The van der Waals surface area contributed by atoms with E-state index in [1.54, 1.807) is 0 Å². The van der Waals surface area contributed by atoms with Crippen LogP contribution in [0.1, 0.15) is 18.9 Å². The quantitative estimate of drug-likeness (QED) is 0.774. The first-order chi connectivity index (χ1) is 7.79. The van der Waals surface area contributed by atoms with Crippen molar-refractivity contribution in [2.75, 3.05) is 24.8 Å². The standard InChI is InChI=1S/C13H19N3/c1-3-8-15-9-14-10-16(11-15)13-6-4-12(2)5-7-13/h4-7,10H,3,8-9,11H2,1-2H3. The van der Waals surface area contributed by atoms with E-state index in [-0.39, 0.29) is 0 Å². The number of hydrogen-bond donors (Lipinski definition) is 0. The number of benzene rings is 1. The molecule has 0 saturated carbocycles. The average Bonchev–Trinajstić information content (AvgIpc) is 2.31. The summed E-state index contributed by atoms with van der Waals surface area (Å²) in [7, 11) is 0. The Balaban J connectivity index is 2.07. The molecule has 1 heterocycles. The zero-order chi connectivity index (χ0) is 11.4. The number of nitrogens with zero attached hydrogens (tertiary/aromatic N) is 3. The highest BCUT2D eigenvalue weighted by atomic mass is 15.4. The van der Waals surface area contributed by atoms with Crippen LogP contribution in [-0.2, 0) is 0 Å². The Morgan fingerprint density at radius 3 is 2.69 bits per heavy atom. The van der Waals surface area contributed by atoms with Crippen LogP contribution in [0.2, 0.25) is 0 Å². The molecule has 0 aromatic heterocycles. The zero-order valence-electron chi connectivity index (χ0n) is 10.1. The summed E-state index contributed by atoms with van der Waals surface area (Å²) in [6.45, 7) is 7.20. The van der Waals surface area contributed by atoms with Gasteiger partial charge in [0.2, 0.25) is 0 Å². The molecule has 0 spiro atoms. The lowest BCUT2D eigenvalue weighted by Gasteiger charge is -2.31. The molecule has 0 radical (unpaired) electrons. The highest BCUT2D eigenvalue weighted by molar-refractivity contribution is 5.79. The van der Waals surface area contributed by atoms with E-state index in [1.807, 2.05) is 6.34 Å². The van der Waals surface area contributed by atoms with Gasteiger partial charge in [-0.2, -0.15) is 0 Å². The number of aryl methyl sites for hydroxylation is 1. The van der Waals surface area contributed by atoms with Crippen molar-refractivity contribution in [2.24, 2.45) is 4.99 Å². The smallest absolute Gasteiger partial charge is 0.0941 e. The lowest BCUT2D eigenvalue weighted by atomic mass is 10.2. The van der Waals surface area contributed by atoms with Gasteiger partial charge in [0.25, 0.3) is 0 Å². The fourth-order valence-electron chi connectivity index (χ4n) is 1.89. The van der Waals surface area contributed by atoms with Crippen LogP contribution in [0.4, 0.5) is 5.69 Å². The van der Waals surface area contributed by atoms with E-state index in [0.717, 1.165) is 19.9 Å². The molecule has 0 aliphatic carbocycles. The molecular formula is C13H19N3. The second kappa shape index (κ2) is 5.12. The summed E-state index contributed by atoms with van der Waals surface area (Å²) in [5.74, 6) is 0. The van der Waals surface area contributed by atoms with Crippen LogP contribution >= 0.6 is 0 Å². The predicted molar refractivity (Wildman–Crippen MR) is 68.9 cm³/mol. The van der Waals surface area contributed by atoms with E-state index in [0.29, 0.717) is 0 Å². The van der Waals surface area contributed by atoms with Crippen LogP contribution < -0.4 is 4.90 Å². The minimum Gasteiger partial charge on any atom is -0.319 e. The van der Waals surface area contributed by atoms with Crippen molar-refractivity contribution in [3.05, 3.63) is 29.8 Å². The van der Waals surface area contributed by atoms with Gasteiger partial charge in [0.1, 0.15) is 0 Å². The third kappa shape index (κ3) is 2.61. The summed E-state index contributed by atoms with van der Waals surface area (Å²) >= 11 is 0. The van der Waals surface area contributed by atoms with Crippen molar-refractivity contribution in [1.29, 1.82) is 0 Å². The van der Waals surface area contributed by atoms with Crippen LogP contribution in [0, 0.1) is 6.92 Å². The molecule has 1 aromatic rings. The molecular weight excluding hydrogens is 198 g/mol. The Morgan fingerprint density at radius 2 is 2.00 bits per heavy atom. The van der Waals surface area contributed by atoms with Crippen LogP contribution in [0.3, 0.4) is 0 Å². The summed E-state index contributed by atoms with van der Waals surface area (Å²) in [5, 5.41) is 0. The molecule has 0 unspecified atom stereocenters. The Morgan fingerprint density at radius 1 is 1.25 bits per heavy atom. The molecule has 0 saturated heterocycles. The van der Waals surface area contributed by atoms with Gasteiger partial charge in [0, 0.05) is 12.2 Å². The summed E-state index contributed by atoms with van der Waals surface area (Å²) in [6, 6.07) is 8.58. The van der Waals surface area contributed by atoms with Crippen molar-refractivity contribution in [3.8, 4) is 0 Å². The molecule has 1 aromatic carbocycles. The zero-order valence-corrected chi connectivity index (χ0v) is 10.1. The molecule has 3 heteroatoms. The number of aliphatic imine (C=N–C) groups is 1. The molecule has 0 fully saturated rings. The molecule has 86 valence electrons. The van der Waals surface area contributed by atoms with Gasteiger partial charge in [0.05, 0.1) is 19.7 Å².